The van der Waals surface area contributed by atoms with Gasteiger partial charge in [0, 0.05) is 34.9 Å². The van der Waals surface area contributed by atoms with Crippen LogP contribution in [0.4, 0.5) is 0 Å². The lowest BCUT2D eigenvalue weighted by atomic mass is 9.69. The fourth-order valence-corrected chi connectivity index (χ4v) is 5.02. The standard InChI is InChI=1S/C27H29NO6/c1-15-24(27(30)34-5)25(20-14-19(32-3)10-11-23(20)33-4)26-21(28-15)12-17(13-22(26)29)16-6-8-18(31-2)9-7-16/h6-11,14,17,24-25H,12-13H2,1-5H3/t17-,24?,25+/m0/s1. The number of nitrogens with zero attached hydrogens (tertiary/aromatic N) is 1. The van der Waals surface area contributed by atoms with Crippen LogP contribution < -0.4 is 14.2 Å². The third kappa shape index (κ3) is 4.18. The highest BCUT2D eigenvalue weighted by Crippen LogP contribution is 2.49. The Balaban J connectivity index is 1.84. The molecule has 1 aliphatic heterocycles. The zero-order valence-corrected chi connectivity index (χ0v) is 20.1. The van der Waals surface area contributed by atoms with Crippen LogP contribution in [0.2, 0.25) is 0 Å². The molecule has 0 spiro atoms. The van der Waals surface area contributed by atoms with Gasteiger partial charge in [0.05, 0.1) is 28.4 Å². The maximum atomic E-state index is 13.7. The van der Waals surface area contributed by atoms with E-state index in [0.717, 1.165) is 11.3 Å². The topological polar surface area (TPSA) is 83.4 Å². The zero-order valence-electron chi connectivity index (χ0n) is 20.1. The first-order valence-electron chi connectivity index (χ1n) is 11.2. The molecule has 0 fully saturated rings. The SMILES string of the molecule is COC(=O)C1C(C)=NC2=C(C(=O)C[C@@H](c3ccc(OC)cc3)C2)[C@@H]1c1cc(OC)ccc1OC. The van der Waals surface area contributed by atoms with Crippen LogP contribution in [-0.4, -0.2) is 45.9 Å². The number of rotatable bonds is 6. The average molecular weight is 464 g/mol. The number of Topliss-reactive ketones (excluding diaryl/α,β-unsaturated/α-hetero) is 1. The Hall–Kier alpha value is -3.61. The molecule has 0 aromatic heterocycles. The summed E-state index contributed by atoms with van der Waals surface area (Å²) < 4.78 is 21.5. The number of ketones is 1. The van der Waals surface area contributed by atoms with Gasteiger partial charge in [-0.3, -0.25) is 14.6 Å². The fraction of sp³-hybridized carbons (Fsp3) is 0.370. The number of ether oxygens (including phenoxy) is 4. The molecular weight excluding hydrogens is 434 g/mol. The minimum atomic E-state index is -0.730. The van der Waals surface area contributed by atoms with E-state index < -0.39 is 17.8 Å². The molecule has 2 aliphatic rings. The second-order valence-corrected chi connectivity index (χ2v) is 8.50. The predicted octanol–water partition coefficient (Wildman–Crippen LogP) is 4.46. The summed E-state index contributed by atoms with van der Waals surface area (Å²) >= 11 is 0. The van der Waals surface area contributed by atoms with Crippen molar-refractivity contribution in [2.45, 2.75) is 31.6 Å². The van der Waals surface area contributed by atoms with E-state index in [4.69, 9.17) is 23.9 Å². The Morgan fingerprint density at radius 3 is 2.21 bits per heavy atom. The van der Waals surface area contributed by atoms with Crippen LogP contribution in [0.1, 0.15) is 42.7 Å². The number of methoxy groups -OCH3 is 4. The molecule has 4 rings (SSSR count). The maximum absolute atomic E-state index is 13.7. The lowest BCUT2D eigenvalue weighted by molar-refractivity contribution is -0.143. The normalized spacial score (nSPS) is 22.0. The van der Waals surface area contributed by atoms with Gasteiger partial charge in [0.15, 0.2) is 5.78 Å². The van der Waals surface area contributed by atoms with Gasteiger partial charge in [-0.25, -0.2) is 0 Å². The Morgan fingerprint density at radius 1 is 0.912 bits per heavy atom. The van der Waals surface area contributed by atoms with Gasteiger partial charge in [-0.1, -0.05) is 12.1 Å². The van der Waals surface area contributed by atoms with Gasteiger partial charge in [-0.2, -0.15) is 0 Å². The molecule has 0 radical (unpaired) electrons. The molecule has 0 saturated heterocycles. The molecule has 0 saturated carbocycles. The molecule has 0 amide bonds. The van der Waals surface area contributed by atoms with Crippen molar-refractivity contribution in [3.05, 3.63) is 64.9 Å². The molecule has 0 bridgehead atoms. The Kier molecular flexibility index (Phi) is 6.72. The largest absolute Gasteiger partial charge is 0.497 e. The van der Waals surface area contributed by atoms with Gasteiger partial charge in [0.1, 0.15) is 23.2 Å². The molecular formula is C27H29NO6. The van der Waals surface area contributed by atoms with Crippen molar-refractivity contribution in [3.63, 3.8) is 0 Å². The second-order valence-electron chi connectivity index (χ2n) is 8.50. The highest BCUT2D eigenvalue weighted by molar-refractivity contribution is 6.09. The van der Waals surface area contributed by atoms with Crippen LogP contribution in [0, 0.1) is 5.92 Å². The van der Waals surface area contributed by atoms with E-state index in [0.29, 0.717) is 46.9 Å². The van der Waals surface area contributed by atoms with E-state index >= 15 is 0 Å². The van der Waals surface area contributed by atoms with Gasteiger partial charge in [-0.05, 0) is 55.2 Å². The summed E-state index contributed by atoms with van der Waals surface area (Å²) in [5, 5.41) is 0. The molecule has 7 heteroatoms. The van der Waals surface area contributed by atoms with Gasteiger partial charge in [-0.15, -0.1) is 0 Å². The highest BCUT2D eigenvalue weighted by Gasteiger charge is 2.45. The van der Waals surface area contributed by atoms with Crippen molar-refractivity contribution in [1.29, 1.82) is 0 Å². The smallest absolute Gasteiger partial charge is 0.315 e. The number of hydrogen-bond donors (Lipinski definition) is 0. The molecule has 34 heavy (non-hydrogen) atoms. The lowest BCUT2D eigenvalue weighted by Crippen LogP contribution is -2.38. The minimum absolute atomic E-state index is 0.00348. The molecule has 0 N–H and O–H groups in total. The van der Waals surface area contributed by atoms with E-state index in [-0.39, 0.29) is 11.7 Å². The van der Waals surface area contributed by atoms with Crippen molar-refractivity contribution < 1.29 is 28.5 Å². The summed E-state index contributed by atoms with van der Waals surface area (Å²) in [5.74, 6) is 0.183. The number of benzene rings is 2. The summed E-state index contributed by atoms with van der Waals surface area (Å²) in [6.45, 7) is 1.81. The van der Waals surface area contributed by atoms with Crippen molar-refractivity contribution in [2.75, 3.05) is 28.4 Å². The second kappa shape index (κ2) is 9.71. The van der Waals surface area contributed by atoms with Gasteiger partial charge in [0.2, 0.25) is 0 Å². The maximum Gasteiger partial charge on any atom is 0.315 e. The Labute approximate surface area is 199 Å². The van der Waals surface area contributed by atoms with E-state index in [9.17, 15) is 9.59 Å². The first kappa shape index (κ1) is 23.5. The van der Waals surface area contributed by atoms with Gasteiger partial charge >= 0.3 is 5.97 Å². The van der Waals surface area contributed by atoms with Crippen LogP contribution in [-0.2, 0) is 14.3 Å². The van der Waals surface area contributed by atoms with Crippen LogP contribution in [0.25, 0.3) is 0 Å². The molecule has 2 aromatic rings. The quantitative estimate of drug-likeness (QED) is 0.588. The zero-order chi connectivity index (χ0) is 24.4. The van der Waals surface area contributed by atoms with E-state index in [1.165, 1.54) is 7.11 Å². The van der Waals surface area contributed by atoms with Crippen LogP contribution >= 0.6 is 0 Å². The average Bonchev–Trinajstić information content (AvgIpc) is 2.86. The molecule has 2 aromatic carbocycles. The number of hydrogen-bond acceptors (Lipinski definition) is 7. The summed E-state index contributed by atoms with van der Waals surface area (Å²) in [5.41, 5.74) is 3.64. The van der Waals surface area contributed by atoms with Gasteiger partial charge < -0.3 is 18.9 Å². The number of carbonyl (C=O) groups excluding carboxylic acids is 2. The fourth-order valence-electron chi connectivity index (χ4n) is 5.02. The third-order valence-electron chi connectivity index (χ3n) is 6.70. The molecule has 3 atom stereocenters. The monoisotopic (exact) mass is 463 g/mol. The summed E-state index contributed by atoms with van der Waals surface area (Å²) in [4.78, 5) is 31.3. The van der Waals surface area contributed by atoms with Crippen molar-refractivity contribution in [2.24, 2.45) is 10.9 Å². The summed E-state index contributed by atoms with van der Waals surface area (Å²) in [6.07, 6.45) is 0.928. The van der Waals surface area contributed by atoms with Crippen molar-refractivity contribution in [3.8, 4) is 17.2 Å². The molecule has 1 unspecified atom stereocenters. The van der Waals surface area contributed by atoms with E-state index in [1.54, 1.807) is 33.5 Å². The molecule has 1 heterocycles. The van der Waals surface area contributed by atoms with Crippen molar-refractivity contribution in [1.82, 2.24) is 0 Å². The number of esters is 1. The predicted molar refractivity (Wildman–Crippen MR) is 128 cm³/mol. The first-order valence-corrected chi connectivity index (χ1v) is 11.2. The third-order valence-corrected chi connectivity index (χ3v) is 6.70. The number of aliphatic imine (C=N–C) groups is 1. The van der Waals surface area contributed by atoms with E-state index in [2.05, 4.69) is 0 Å². The Bertz CT molecular complexity index is 1160. The summed E-state index contributed by atoms with van der Waals surface area (Å²) in [7, 11) is 6.12. The van der Waals surface area contributed by atoms with Crippen molar-refractivity contribution >= 4 is 17.5 Å². The van der Waals surface area contributed by atoms with Crippen LogP contribution in [0.15, 0.2) is 58.7 Å². The highest BCUT2D eigenvalue weighted by atomic mass is 16.5. The van der Waals surface area contributed by atoms with Crippen LogP contribution in [0.5, 0.6) is 17.2 Å². The minimum Gasteiger partial charge on any atom is -0.497 e. The molecule has 178 valence electrons. The number of allylic oxidation sites excluding steroid dienone is 2. The van der Waals surface area contributed by atoms with Gasteiger partial charge in [0.25, 0.3) is 0 Å². The van der Waals surface area contributed by atoms with E-state index in [1.807, 2.05) is 37.3 Å². The summed E-state index contributed by atoms with van der Waals surface area (Å²) in [6, 6.07) is 13.2. The molecule has 7 nitrogen and oxygen atoms in total. The number of carbonyl (C=O) groups is 2. The Morgan fingerprint density at radius 2 is 1.59 bits per heavy atom. The first-order chi connectivity index (χ1) is 16.4. The molecule has 1 aliphatic carbocycles. The van der Waals surface area contributed by atoms with Crippen LogP contribution in [0.3, 0.4) is 0 Å². The lowest BCUT2D eigenvalue weighted by Gasteiger charge is -2.36.